The molecule has 0 fully saturated rings. The number of hydrogen-bond donors (Lipinski definition) is 2. The van der Waals surface area contributed by atoms with Crippen LogP contribution in [-0.4, -0.2) is 20.6 Å². The summed E-state index contributed by atoms with van der Waals surface area (Å²) in [6.45, 7) is 2.69. The topological polar surface area (TPSA) is 84.2 Å². The lowest BCUT2D eigenvalue weighted by atomic mass is 10.2. The number of nitrogens with one attached hydrogen (secondary N) is 1. The van der Waals surface area contributed by atoms with Gasteiger partial charge in [-0.1, -0.05) is 38.3 Å². The molecule has 7 heteroatoms. The second-order valence-corrected chi connectivity index (χ2v) is 5.81. The fourth-order valence-corrected chi connectivity index (χ4v) is 2.38. The largest absolute Gasteiger partial charge is 0.501 e. The first kappa shape index (κ1) is 18.6. The molecule has 0 aliphatic heterocycles. The number of halogens is 1. The van der Waals surface area contributed by atoms with E-state index in [9.17, 15) is 19.1 Å². The third-order valence-corrected chi connectivity index (χ3v) is 3.85. The summed E-state index contributed by atoms with van der Waals surface area (Å²) in [6, 6.07) is 5.65. The van der Waals surface area contributed by atoms with Gasteiger partial charge in [0.25, 0.3) is 11.5 Å². The lowest BCUT2D eigenvalue weighted by Gasteiger charge is -2.09. The highest BCUT2D eigenvalue weighted by atomic mass is 19.1. The zero-order chi connectivity index (χ0) is 18.2. The maximum absolute atomic E-state index is 12.8. The Bertz CT molecular complexity index is 772. The Morgan fingerprint density at radius 2 is 1.96 bits per heavy atom. The van der Waals surface area contributed by atoms with Crippen molar-refractivity contribution in [2.75, 3.05) is 0 Å². The first-order chi connectivity index (χ1) is 12.0. The Balaban J connectivity index is 2.01. The van der Waals surface area contributed by atoms with Crippen molar-refractivity contribution in [2.24, 2.45) is 0 Å². The molecule has 0 atom stereocenters. The van der Waals surface area contributed by atoms with Gasteiger partial charge in [0.05, 0.1) is 6.33 Å². The first-order valence-corrected chi connectivity index (χ1v) is 8.34. The molecular weight excluding hydrogens is 325 g/mol. The molecule has 6 nitrogen and oxygen atoms in total. The zero-order valence-electron chi connectivity index (χ0n) is 14.2. The summed E-state index contributed by atoms with van der Waals surface area (Å²) in [7, 11) is 0. The molecule has 0 unspecified atom stereocenters. The van der Waals surface area contributed by atoms with Gasteiger partial charge in [0, 0.05) is 13.1 Å². The van der Waals surface area contributed by atoms with E-state index in [4.69, 9.17) is 0 Å². The van der Waals surface area contributed by atoms with E-state index in [-0.39, 0.29) is 18.1 Å². The molecule has 25 heavy (non-hydrogen) atoms. The number of nitrogens with zero attached hydrogens (tertiary/aromatic N) is 2. The van der Waals surface area contributed by atoms with Gasteiger partial charge in [-0.2, -0.15) is 0 Å². The molecule has 2 aromatic rings. The van der Waals surface area contributed by atoms with Crippen molar-refractivity contribution < 1.29 is 14.3 Å². The van der Waals surface area contributed by atoms with Crippen LogP contribution in [0.3, 0.4) is 0 Å². The van der Waals surface area contributed by atoms with Crippen LogP contribution in [0.25, 0.3) is 0 Å². The van der Waals surface area contributed by atoms with Crippen molar-refractivity contribution in [1.29, 1.82) is 0 Å². The van der Waals surface area contributed by atoms with Crippen LogP contribution < -0.4 is 10.9 Å². The van der Waals surface area contributed by atoms with E-state index in [1.54, 1.807) is 0 Å². The van der Waals surface area contributed by atoms with Gasteiger partial charge >= 0.3 is 0 Å². The minimum absolute atomic E-state index is 0.139. The van der Waals surface area contributed by atoms with Crippen molar-refractivity contribution >= 4 is 5.91 Å². The molecule has 0 bridgehead atoms. The number of amides is 1. The predicted molar refractivity (Wildman–Crippen MR) is 91.9 cm³/mol. The van der Waals surface area contributed by atoms with Crippen molar-refractivity contribution in [3.63, 3.8) is 0 Å². The normalized spacial score (nSPS) is 10.6. The highest BCUT2D eigenvalue weighted by molar-refractivity contribution is 5.94. The molecule has 1 aromatic heterocycles. The highest BCUT2D eigenvalue weighted by Gasteiger charge is 2.17. The Labute approximate surface area is 145 Å². The van der Waals surface area contributed by atoms with Crippen LogP contribution in [-0.2, 0) is 13.1 Å². The van der Waals surface area contributed by atoms with Crippen LogP contribution in [0, 0.1) is 5.82 Å². The standard InChI is InChI=1S/C18H22FN3O3/c1-2-3-4-5-10-22-12-21-15(16(23)18(22)25)17(24)20-11-13-6-8-14(19)9-7-13/h6-9,12,23H,2-5,10-11H2,1H3,(H,20,24). The number of aryl methyl sites for hydroxylation is 1. The molecule has 0 saturated heterocycles. The van der Waals surface area contributed by atoms with Gasteiger partial charge in [0.1, 0.15) is 5.82 Å². The Morgan fingerprint density at radius 3 is 2.64 bits per heavy atom. The maximum atomic E-state index is 12.8. The second kappa shape index (κ2) is 8.96. The number of aromatic nitrogens is 2. The molecule has 1 heterocycles. The summed E-state index contributed by atoms with van der Waals surface area (Å²) in [5, 5.41) is 12.5. The summed E-state index contributed by atoms with van der Waals surface area (Å²) < 4.78 is 14.2. The molecule has 0 aliphatic rings. The van der Waals surface area contributed by atoms with Crippen LogP contribution in [0.4, 0.5) is 4.39 Å². The molecular formula is C18H22FN3O3. The maximum Gasteiger partial charge on any atom is 0.296 e. The van der Waals surface area contributed by atoms with Crippen molar-refractivity contribution in [3.05, 3.63) is 58.0 Å². The van der Waals surface area contributed by atoms with Gasteiger partial charge < -0.3 is 10.4 Å². The first-order valence-electron chi connectivity index (χ1n) is 8.34. The molecule has 1 amide bonds. The smallest absolute Gasteiger partial charge is 0.296 e. The van der Waals surface area contributed by atoms with Gasteiger partial charge in [-0.15, -0.1) is 0 Å². The third kappa shape index (κ3) is 5.14. The molecule has 0 spiro atoms. The van der Waals surface area contributed by atoms with Crippen molar-refractivity contribution in [2.45, 2.75) is 45.7 Å². The van der Waals surface area contributed by atoms with Gasteiger partial charge in [-0.25, -0.2) is 9.37 Å². The highest BCUT2D eigenvalue weighted by Crippen LogP contribution is 2.09. The number of hydrogen-bond acceptors (Lipinski definition) is 4. The number of carbonyl (C=O) groups is 1. The number of carbonyl (C=O) groups excluding carboxylic acids is 1. The number of benzene rings is 1. The molecule has 1 aromatic carbocycles. The summed E-state index contributed by atoms with van der Waals surface area (Å²) in [4.78, 5) is 28.1. The van der Waals surface area contributed by atoms with Gasteiger partial charge in [0.15, 0.2) is 5.69 Å². The van der Waals surface area contributed by atoms with E-state index in [1.807, 2.05) is 0 Å². The summed E-state index contributed by atoms with van der Waals surface area (Å²) in [5.41, 5.74) is -0.242. The average molecular weight is 347 g/mol. The van der Waals surface area contributed by atoms with E-state index < -0.39 is 17.2 Å². The minimum atomic E-state index is -0.658. The zero-order valence-corrected chi connectivity index (χ0v) is 14.2. The molecule has 2 rings (SSSR count). The lowest BCUT2D eigenvalue weighted by Crippen LogP contribution is -2.28. The number of unbranched alkanes of at least 4 members (excludes halogenated alkanes) is 3. The van der Waals surface area contributed by atoms with Crippen LogP contribution in [0.15, 0.2) is 35.4 Å². The van der Waals surface area contributed by atoms with Crippen LogP contribution in [0.2, 0.25) is 0 Å². The quantitative estimate of drug-likeness (QED) is 0.719. The van der Waals surface area contributed by atoms with Gasteiger partial charge in [0.2, 0.25) is 5.75 Å². The van der Waals surface area contributed by atoms with E-state index in [1.165, 1.54) is 35.2 Å². The Kier molecular flexibility index (Phi) is 6.68. The summed E-state index contributed by atoms with van der Waals surface area (Å²) in [6.07, 6.45) is 5.25. The minimum Gasteiger partial charge on any atom is -0.501 e. The molecule has 134 valence electrons. The van der Waals surface area contributed by atoms with Crippen LogP contribution in [0.5, 0.6) is 5.75 Å². The van der Waals surface area contributed by atoms with Gasteiger partial charge in [-0.3, -0.25) is 14.2 Å². The van der Waals surface area contributed by atoms with Crippen molar-refractivity contribution in [1.82, 2.24) is 14.9 Å². The molecule has 0 radical (unpaired) electrons. The van der Waals surface area contributed by atoms with E-state index in [2.05, 4.69) is 17.2 Å². The second-order valence-electron chi connectivity index (χ2n) is 5.81. The van der Waals surface area contributed by atoms with Crippen molar-refractivity contribution in [3.8, 4) is 5.75 Å². The van der Waals surface area contributed by atoms with E-state index in [0.717, 1.165) is 25.7 Å². The fraction of sp³-hybridized carbons (Fsp3) is 0.389. The van der Waals surface area contributed by atoms with Crippen LogP contribution in [0.1, 0.15) is 48.7 Å². The van der Waals surface area contributed by atoms with Crippen LogP contribution >= 0.6 is 0 Å². The number of aromatic hydroxyl groups is 1. The SMILES string of the molecule is CCCCCCn1cnc(C(=O)NCc2ccc(F)cc2)c(O)c1=O. The van der Waals surface area contributed by atoms with E-state index in [0.29, 0.717) is 12.1 Å². The third-order valence-electron chi connectivity index (χ3n) is 3.85. The predicted octanol–water partition coefficient (Wildman–Crippen LogP) is 2.60. The molecule has 0 saturated carbocycles. The molecule has 0 aliphatic carbocycles. The average Bonchev–Trinajstić information content (AvgIpc) is 2.61. The fourth-order valence-electron chi connectivity index (χ4n) is 2.38. The monoisotopic (exact) mass is 347 g/mol. The lowest BCUT2D eigenvalue weighted by molar-refractivity contribution is 0.0942. The number of rotatable bonds is 8. The summed E-state index contributed by atoms with van der Waals surface area (Å²) in [5.74, 6) is -1.68. The molecule has 2 N–H and O–H groups in total. The summed E-state index contributed by atoms with van der Waals surface area (Å²) >= 11 is 0. The Morgan fingerprint density at radius 1 is 1.24 bits per heavy atom. The van der Waals surface area contributed by atoms with E-state index >= 15 is 0 Å². The van der Waals surface area contributed by atoms with Gasteiger partial charge in [-0.05, 0) is 24.1 Å². The Hall–Kier alpha value is -2.70.